The first kappa shape index (κ1) is 25.5. The molecule has 14 heteroatoms. The quantitative estimate of drug-likeness (QED) is 0.364. The van der Waals surface area contributed by atoms with E-state index in [-0.39, 0.29) is 6.61 Å². The number of phosphoric ester groups is 1. The predicted molar refractivity (Wildman–Crippen MR) is 115 cm³/mol. The van der Waals surface area contributed by atoms with E-state index in [2.05, 4.69) is 5.32 Å². The molecule has 3 N–H and O–H groups in total. The molecule has 0 spiro atoms. The summed E-state index contributed by atoms with van der Waals surface area (Å²) in [6.45, 7) is -0.100. The molecule has 7 atom stereocenters. The van der Waals surface area contributed by atoms with Crippen molar-refractivity contribution in [2.45, 2.75) is 49.8 Å². The zero-order valence-electron chi connectivity index (χ0n) is 18.1. The SMILES string of the molecule is C[C@@]1(F)[C@H](OCO)[C@@H](CO[P@@]2(=O)OCC[C@@H](c3cccc(Cl)c3)O2)O[C@H]1N1C=CC(O)NC1=O. The summed E-state index contributed by atoms with van der Waals surface area (Å²) in [5.41, 5.74) is -1.62. The summed E-state index contributed by atoms with van der Waals surface area (Å²) in [6.07, 6.45) is -3.08. The van der Waals surface area contributed by atoms with E-state index in [9.17, 15) is 19.6 Å². The predicted octanol–water partition coefficient (Wildman–Crippen LogP) is 2.59. The fourth-order valence-corrected chi connectivity index (χ4v) is 5.63. The highest BCUT2D eigenvalue weighted by atomic mass is 35.5. The van der Waals surface area contributed by atoms with Crippen LogP contribution < -0.4 is 5.32 Å². The highest BCUT2D eigenvalue weighted by molar-refractivity contribution is 7.48. The van der Waals surface area contributed by atoms with E-state index >= 15 is 4.39 Å². The van der Waals surface area contributed by atoms with E-state index in [1.165, 1.54) is 12.3 Å². The van der Waals surface area contributed by atoms with Gasteiger partial charge in [-0.1, -0.05) is 23.7 Å². The summed E-state index contributed by atoms with van der Waals surface area (Å²) in [7, 11) is -4.07. The maximum atomic E-state index is 15.7. The Bertz CT molecular complexity index is 983. The molecule has 34 heavy (non-hydrogen) atoms. The van der Waals surface area contributed by atoms with Crippen LogP contribution in [0.1, 0.15) is 25.0 Å². The number of aliphatic hydroxyl groups is 2. The number of rotatable bonds is 7. The minimum atomic E-state index is -4.07. The van der Waals surface area contributed by atoms with Crippen molar-refractivity contribution in [2.24, 2.45) is 0 Å². The summed E-state index contributed by atoms with van der Waals surface area (Å²) in [4.78, 5) is 13.2. The molecule has 3 aliphatic rings. The van der Waals surface area contributed by atoms with E-state index < -0.39 is 63.7 Å². The first-order chi connectivity index (χ1) is 16.1. The largest absolute Gasteiger partial charge is 0.475 e. The monoisotopic (exact) mass is 522 g/mol. The first-order valence-corrected chi connectivity index (χ1v) is 12.3. The normalized spacial score (nSPS) is 38.2. The molecule has 0 bridgehead atoms. The number of alkyl halides is 1. The number of hydrogen-bond donors (Lipinski definition) is 3. The van der Waals surface area contributed by atoms with Crippen LogP contribution in [0.15, 0.2) is 36.5 Å². The number of nitrogens with one attached hydrogen (secondary N) is 1. The van der Waals surface area contributed by atoms with Crippen molar-refractivity contribution in [3.8, 4) is 0 Å². The number of aliphatic hydroxyl groups excluding tert-OH is 2. The first-order valence-electron chi connectivity index (χ1n) is 10.5. The van der Waals surface area contributed by atoms with Crippen LogP contribution in [0.2, 0.25) is 5.02 Å². The summed E-state index contributed by atoms with van der Waals surface area (Å²) in [5.74, 6) is 0. The smallest absolute Gasteiger partial charge is 0.371 e. The molecule has 0 saturated carbocycles. The van der Waals surface area contributed by atoms with Gasteiger partial charge in [-0.15, -0.1) is 0 Å². The van der Waals surface area contributed by atoms with Gasteiger partial charge in [0.25, 0.3) is 0 Å². The van der Waals surface area contributed by atoms with Crippen molar-refractivity contribution in [1.29, 1.82) is 0 Å². The van der Waals surface area contributed by atoms with Crippen LogP contribution in [0.4, 0.5) is 9.18 Å². The lowest BCUT2D eigenvalue weighted by Crippen LogP contribution is -2.56. The molecule has 3 aliphatic heterocycles. The standard InChI is InChI=1S/C20H25ClFN2O9P/c1-20(22)17(29-11-25)15(32-18(20)24-7-5-16(26)23-19(24)27)10-31-34(28)30-8-6-14(33-34)12-3-2-4-13(21)9-12/h2-5,7,9,14-18,25-26H,6,8,10-11H2,1H3,(H,23,27)/t14-,15+,16?,17+,18+,20+,34+/m0/s1. The Hall–Kier alpha value is -1.60. The van der Waals surface area contributed by atoms with Crippen molar-refractivity contribution < 1.29 is 47.0 Å². The molecule has 0 aliphatic carbocycles. The lowest BCUT2D eigenvalue weighted by atomic mass is 9.97. The van der Waals surface area contributed by atoms with Crippen molar-refractivity contribution in [3.05, 3.63) is 47.1 Å². The molecule has 4 rings (SSSR count). The Morgan fingerprint density at radius 3 is 2.94 bits per heavy atom. The molecular weight excluding hydrogens is 498 g/mol. The lowest BCUT2D eigenvalue weighted by Gasteiger charge is -2.35. The summed E-state index contributed by atoms with van der Waals surface area (Å²) in [5, 5.41) is 21.5. The molecule has 0 aromatic heterocycles. The van der Waals surface area contributed by atoms with Gasteiger partial charge in [0.15, 0.2) is 11.9 Å². The number of nitrogens with zero attached hydrogens (tertiary/aromatic N) is 1. The van der Waals surface area contributed by atoms with Crippen molar-refractivity contribution in [1.82, 2.24) is 10.2 Å². The van der Waals surface area contributed by atoms with Gasteiger partial charge in [0.1, 0.15) is 25.2 Å². The molecule has 1 aromatic carbocycles. The van der Waals surface area contributed by atoms with Gasteiger partial charge in [0.2, 0.25) is 0 Å². The second-order valence-corrected chi connectivity index (χ2v) is 10.1. The fraction of sp³-hybridized carbons (Fsp3) is 0.550. The van der Waals surface area contributed by atoms with Crippen LogP contribution >= 0.6 is 19.4 Å². The molecule has 2 fully saturated rings. The van der Waals surface area contributed by atoms with Crippen LogP contribution in [0.5, 0.6) is 0 Å². The highest BCUT2D eigenvalue weighted by Gasteiger charge is 2.59. The van der Waals surface area contributed by atoms with Crippen LogP contribution in [0, 0.1) is 0 Å². The third-order valence-electron chi connectivity index (χ3n) is 5.63. The van der Waals surface area contributed by atoms with Gasteiger partial charge in [-0.3, -0.25) is 18.5 Å². The molecule has 0 radical (unpaired) electrons. The van der Waals surface area contributed by atoms with Gasteiger partial charge in [-0.25, -0.2) is 13.8 Å². The second kappa shape index (κ2) is 10.2. The Morgan fingerprint density at radius 2 is 2.24 bits per heavy atom. The van der Waals surface area contributed by atoms with Crippen LogP contribution in [-0.4, -0.2) is 71.5 Å². The number of halogens is 2. The van der Waals surface area contributed by atoms with Gasteiger partial charge in [-0.05, 0) is 30.7 Å². The van der Waals surface area contributed by atoms with E-state index in [4.69, 9.17) is 34.6 Å². The van der Waals surface area contributed by atoms with E-state index in [1.807, 2.05) is 0 Å². The number of phosphoric acid groups is 1. The van der Waals surface area contributed by atoms with Crippen molar-refractivity contribution in [2.75, 3.05) is 20.0 Å². The molecule has 2 saturated heterocycles. The third-order valence-corrected chi connectivity index (χ3v) is 7.34. The fourth-order valence-electron chi connectivity index (χ4n) is 4.04. The molecule has 3 heterocycles. The lowest BCUT2D eigenvalue weighted by molar-refractivity contribution is -0.115. The number of amides is 2. The minimum absolute atomic E-state index is 0.0844. The minimum Gasteiger partial charge on any atom is -0.371 e. The van der Waals surface area contributed by atoms with Gasteiger partial charge in [-0.2, -0.15) is 0 Å². The second-order valence-electron chi connectivity index (χ2n) is 8.05. The van der Waals surface area contributed by atoms with Gasteiger partial charge in [0, 0.05) is 17.6 Å². The van der Waals surface area contributed by atoms with E-state index in [0.717, 1.165) is 11.8 Å². The average molecular weight is 523 g/mol. The highest BCUT2D eigenvalue weighted by Crippen LogP contribution is 2.57. The molecule has 11 nitrogen and oxygen atoms in total. The zero-order valence-corrected chi connectivity index (χ0v) is 19.7. The molecule has 1 aromatic rings. The number of benzene rings is 1. The van der Waals surface area contributed by atoms with Gasteiger partial charge >= 0.3 is 13.9 Å². The summed E-state index contributed by atoms with van der Waals surface area (Å²) in [6, 6.07) is 6.08. The third kappa shape index (κ3) is 5.30. The Kier molecular flexibility index (Phi) is 7.63. The van der Waals surface area contributed by atoms with Crippen molar-refractivity contribution in [3.63, 3.8) is 0 Å². The zero-order chi connectivity index (χ0) is 24.5. The van der Waals surface area contributed by atoms with E-state index in [1.54, 1.807) is 24.3 Å². The van der Waals surface area contributed by atoms with Gasteiger partial charge in [0.05, 0.1) is 19.3 Å². The Labute approximate surface area is 199 Å². The van der Waals surface area contributed by atoms with E-state index in [0.29, 0.717) is 17.0 Å². The Morgan fingerprint density at radius 1 is 1.44 bits per heavy atom. The number of ether oxygens (including phenoxy) is 2. The summed E-state index contributed by atoms with van der Waals surface area (Å²) < 4.78 is 56.0. The molecular formula is C20H25ClFN2O9P. The topological polar surface area (TPSA) is 136 Å². The summed E-state index contributed by atoms with van der Waals surface area (Å²) >= 11 is 6.03. The number of carbonyl (C=O) groups is 1. The molecule has 2 amide bonds. The molecule has 1 unspecified atom stereocenters. The number of urea groups is 1. The Balaban J connectivity index is 1.47. The number of hydrogen-bond acceptors (Lipinski definition) is 9. The maximum Gasteiger partial charge on any atom is 0.475 e. The van der Waals surface area contributed by atoms with Gasteiger partial charge < -0.3 is 25.0 Å². The maximum absolute atomic E-state index is 15.7. The van der Waals surface area contributed by atoms with Crippen LogP contribution in [-0.2, 0) is 27.6 Å². The van der Waals surface area contributed by atoms with Crippen LogP contribution in [0.3, 0.4) is 0 Å². The number of carbonyl (C=O) groups excluding carboxylic acids is 1. The van der Waals surface area contributed by atoms with Crippen molar-refractivity contribution >= 4 is 25.5 Å². The average Bonchev–Trinajstić information content (AvgIpc) is 3.03. The molecule has 188 valence electrons. The van der Waals surface area contributed by atoms with Crippen LogP contribution in [0.25, 0.3) is 0 Å².